The summed E-state index contributed by atoms with van der Waals surface area (Å²) >= 11 is 6.55. The highest BCUT2D eigenvalue weighted by Gasteiger charge is 2.28. The van der Waals surface area contributed by atoms with Crippen molar-refractivity contribution in [3.05, 3.63) is 70.9 Å². The van der Waals surface area contributed by atoms with Crippen LogP contribution in [0.1, 0.15) is 18.2 Å². The van der Waals surface area contributed by atoms with Crippen LogP contribution in [0.5, 0.6) is 11.5 Å². The summed E-state index contributed by atoms with van der Waals surface area (Å²) in [6.07, 6.45) is -5.47. The third kappa shape index (κ3) is 5.62. The minimum atomic E-state index is -4.62. The molecule has 0 saturated heterocycles. The summed E-state index contributed by atoms with van der Waals surface area (Å²) in [7, 11) is 2.81. The Morgan fingerprint density at radius 1 is 1.07 bits per heavy atom. The van der Waals surface area contributed by atoms with Crippen LogP contribution >= 0.6 is 11.6 Å². The van der Waals surface area contributed by atoms with Gasteiger partial charge in [-0.3, -0.25) is 5.32 Å². The van der Waals surface area contributed by atoms with Gasteiger partial charge in [-0.05, 0) is 61.9 Å². The number of nitrogens with one attached hydrogen (secondary N) is 1. The fraction of sp³-hybridized carbons (Fsp3) is 0.241. The number of hydrogen-bond donors (Lipinski definition) is 1. The molecule has 0 spiro atoms. The summed E-state index contributed by atoms with van der Waals surface area (Å²) in [5, 5.41) is 7.69. The minimum Gasteiger partial charge on any atom is -0.497 e. The van der Waals surface area contributed by atoms with E-state index in [0.29, 0.717) is 49.8 Å². The molecule has 1 atom stereocenters. The molecule has 214 valence electrons. The number of fused-ring (bicyclic) bond motifs is 2. The molecule has 0 aliphatic heterocycles. The van der Waals surface area contributed by atoms with Crippen LogP contribution in [0, 0.1) is 6.92 Å². The van der Waals surface area contributed by atoms with Gasteiger partial charge < -0.3 is 23.3 Å². The van der Waals surface area contributed by atoms with E-state index in [0.717, 1.165) is 11.1 Å². The van der Waals surface area contributed by atoms with E-state index < -0.39 is 18.4 Å². The standard InChI is InChI=1S/C29H25ClF3N3O5/c1-15-26(27-22-9-6-19(38-3)13-25(22)41-35-27)21-8-5-18(34-29(31,32)33)12-24(21)36(15)14-17-11-20(7-10-23(17)30)40-16(2)28(37)39-4/h5-13,16,34H,14H2,1-4H3/t16-/m1/s1. The first-order chi connectivity index (χ1) is 19.5. The lowest BCUT2D eigenvalue weighted by Gasteiger charge is -2.16. The number of anilines is 1. The summed E-state index contributed by atoms with van der Waals surface area (Å²) in [6.45, 7) is 3.59. The Morgan fingerprint density at radius 2 is 1.80 bits per heavy atom. The lowest BCUT2D eigenvalue weighted by molar-refractivity contribution is -0.147. The number of benzene rings is 3. The van der Waals surface area contributed by atoms with Crippen molar-refractivity contribution >= 4 is 45.1 Å². The zero-order chi connectivity index (χ0) is 29.5. The van der Waals surface area contributed by atoms with Crippen LogP contribution < -0.4 is 14.8 Å². The van der Waals surface area contributed by atoms with Gasteiger partial charge in [0.25, 0.3) is 0 Å². The largest absolute Gasteiger partial charge is 0.497 e. The lowest BCUT2D eigenvalue weighted by Crippen LogP contribution is -2.24. The second-order valence-corrected chi connectivity index (χ2v) is 9.74. The molecular weight excluding hydrogens is 563 g/mol. The van der Waals surface area contributed by atoms with Crippen molar-refractivity contribution in [2.45, 2.75) is 32.8 Å². The number of methoxy groups -OCH3 is 2. The SMILES string of the molecule is COC(=O)[C@@H](C)Oc1ccc(Cl)c(Cn2c(C)c(-c3noc4cc(OC)ccc34)c3ccc(NC(F)(F)F)cc32)c1. The second-order valence-electron chi connectivity index (χ2n) is 9.33. The summed E-state index contributed by atoms with van der Waals surface area (Å²) in [6, 6.07) is 14.7. The van der Waals surface area contributed by atoms with Crippen LogP contribution in [0.4, 0.5) is 18.9 Å². The Balaban J connectivity index is 1.65. The molecule has 12 heteroatoms. The van der Waals surface area contributed by atoms with Crippen molar-refractivity contribution in [3.63, 3.8) is 0 Å². The molecule has 41 heavy (non-hydrogen) atoms. The molecule has 0 unspecified atom stereocenters. The molecule has 8 nitrogen and oxygen atoms in total. The van der Waals surface area contributed by atoms with Gasteiger partial charge in [0.2, 0.25) is 0 Å². The predicted octanol–water partition coefficient (Wildman–Crippen LogP) is 7.34. The minimum absolute atomic E-state index is 0.125. The van der Waals surface area contributed by atoms with Crippen molar-refractivity contribution in [1.29, 1.82) is 0 Å². The van der Waals surface area contributed by atoms with E-state index in [1.54, 1.807) is 55.7 Å². The van der Waals surface area contributed by atoms with E-state index >= 15 is 0 Å². The van der Waals surface area contributed by atoms with E-state index in [-0.39, 0.29) is 12.2 Å². The van der Waals surface area contributed by atoms with Gasteiger partial charge in [-0.25, -0.2) is 4.79 Å². The summed E-state index contributed by atoms with van der Waals surface area (Å²) in [4.78, 5) is 11.8. The topological polar surface area (TPSA) is 87.8 Å². The number of esters is 1. The summed E-state index contributed by atoms with van der Waals surface area (Å²) < 4.78 is 62.8. The van der Waals surface area contributed by atoms with Gasteiger partial charge >= 0.3 is 12.3 Å². The molecule has 0 aliphatic carbocycles. The van der Waals surface area contributed by atoms with Gasteiger partial charge in [0, 0.05) is 40.0 Å². The highest BCUT2D eigenvalue weighted by molar-refractivity contribution is 6.31. The molecular formula is C29H25ClF3N3O5. The van der Waals surface area contributed by atoms with Crippen LogP contribution in [0.2, 0.25) is 5.02 Å². The third-order valence-corrected chi connectivity index (χ3v) is 7.09. The molecule has 0 fully saturated rings. The molecule has 5 rings (SSSR count). The summed E-state index contributed by atoms with van der Waals surface area (Å²) in [5.74, 6) is 0.438. The quantitative estimate of drug-likeness (QED) is 0.150. The highest BCUT2D eigenvalue weighted by atomic mass is 35.5. The number of rotatable bonds is 8. The number of alkyl halides is 3. The van der Waals surface area contributed by atoms with Gasteiger partial charge in [0.1, 0.15) is 17.2 Å². The van der Waals surface area contributed by atoms with Gasteiger partial charge in [-0.1, -0.05) is 22.8 Å². The molecule has 2 heterocycles. The maximum absolute atomic E-state index is 13.2. The lowest BCUT2D eigenvalue weighted by atomic mass is 10.0. The summed E-state index contributed by atoms with van der Waals surface area (Å²) in [5.41, 5.74) is 3.47. The Labute approximate surface area is 237 Å². The van der Waals surface area contributed by atoms with Crippen molar-refractivity contribution in [3.8, 4) is 22.8 Å². The van der Waals surface area contributed by atoms with E-state index in [2.05, 4.69) is 5.16 Å². The highest BCUT2D eigenvalue weighted by Crippen LogP contribution is 2.40. The Morgan fingerprint density at radius 3 is 2.51 bits per heavy atom. The van der Waals surface area contributed by atoms with Crippen molar-refractivity contribution in [2.75, 3.05) is 19.5 Å². The van der Waals surface area contributed by atoms with Gasteiger partial charge in [-0.15, -0.1) is 0 Å². The molecule has 0 amide bonds. The second kappa shape index (κ2) is 10.9. The first-order valence-electron chi connectivity index (χ1n) is 12.4. The van der Waals surface area contributed by atoms with Crippen molar-refractivity contribution < 1.29 is 36.7 Å². The molecule has 0 aliphatic rings. The van der Waals surface area contributed by atoms with Crippen molar-refractivity contribution in [1.82, 2.24) is 9.72 Å². The molecule has 0 radical (unpaired) electrons. The molecule has 0 saturated carbocycles. The van der Waals surface area contributed by atoms with Gasteiger partial charge in [0.15, 0.2) is 11.7 Å². The Hall–Kier alpha value is -4.38. The molecule has 3 aromatic carbocycles. The monoisotopic (exact) mass is 587 g/mol. The zero-order valence-electron chi connectivity index (χ0n) is 22.4. The fourth-order valence-corrected chi connectivity index (χ4v) is 4.96. The van der Waals surface area contributed by atoms with E-state index in [4.69, 9.17) is 30.3 Å². The van der Waals surface area contributed by atoms with Crippen LogP contribution in [0.3, 0.4) is 0 Å². The average Bonchev–Trinajstić information content (AvgIpc) is 3.46. The van der Waals surface area contributed by atoms with Crippen LogP contribution in [-0.2, 0) is 16.1 Å². The molecule has 2 aromatic heterocycles. The molecule has 1 N–H and O–H groups in total. The van der Waals surface area contributed by atoms with E-state index in [1.807, 2.05) is 17.6 Å². The first-order valence-corrected chi connectivity index (χ1v) is 12.8. The third-order valence-electron chi connectivity index (χ3n) is 6.72. The normalized spacial score (nSPS) is 12.5. The van der Waals surface area contributed by atoms with Crippen LogP contribution in [0.15, 0.2) is 59.1 Å². The fourth-order valence-electron chi connectivity index (χ4n) is 4.78. The maximum atomic E-state index is 13.2. The molecule has 0 bridgehead atoms. The smallest absolute Gasteiger partial charge is 0.482 e. The number of aromatic nitrogens is 2. The number of halogens is 4. The number of nitrogens with zero attached hydrogens (tertiary/aromatic N) is 2. The predicted molar refractivity (Wildman–Crippen MR) is 149 cm³/mol. The molecule has 5 aromatic rings. The Bertz CT molecular complexity index is 1760. The Kier molecular flexibility index (Phi) is 7.48. The maximum Gasteiger partial charge on any atom is 0.482 e. The number of ether oxygens (including phenoxy) is 3. The van der Waals surface area contributed by atoms with Crippen LogP contribution in [0.25, 0.3) is 33.1 Å². The average molecular weight is 588 g/mol. The van der Waals surface area contributed by atoms with E-state index in [1.165, 1.54) is 19.2 Å². The number of carbonyl (C=O) groups is 1. The zero-order valence-corrected chi connectivity index (χ0v) is 23.2. The number of hydrogen-bond acceptors (Lipinski definition) is 7. The van der Waals surface area contributed by atoms with Gasteiger partial charge in [0.05, 0.1) is 25.1 Å². The van der Waals surface area contributed by atoms with Gasteiger partial charge in [-0.2, -0.15) is 13.2 Å². The van der Waals surface area contributed by atoms with Crippen LogP contribution in [-0.4, -0.2) is 42.3 Å². The van der Waals surface area contributed by atoms with E-state index in [9.17, 15) is 18.0 Å². The number of carbonyl (C=O) groups excluding carboxylic acids is 1. The van der Waals surface area contributed by atoms with Crippen molar-refractivity contribution in [2.24, 2.45) is 0 Å². The first kappa shape index (κ1) is 28.2.